The van der Waals surface area contributed by atoms with Crippen LogP contribution in [0.4, 0.5) is 18.3 Å². The smallest absolute Gasteiger partial charge is 0.294 e. The third kappa shape index (κ3) is 5.26. The van der Waals surface area contributed by atoms with Crippen molar-refractivity contribution < 1.29 is 18.0 Å². The standard InChI is InChI=1S/C15H21F3N2OS/c16-15(17,18)13(21)20-14-19-11-9-7-5-3-1-2-4-6-8-10-12(11)22-14/h1-10H2,(H,19,20,21). The van der Waals surface area contributed by atoms with Gasteiger partial charge < -0.3 is 0 Å². The number of carbonyl (C=O) groups excluding carboxylic acids is 1. The molecule has 1 amide bonds. The number of anilines is 1. The summed E-state index contributed by atoms with van der Waals surface area (Å²) in [6.07, 6.45) is 6.00. The first-order chi connectivity index (χ1) is 10.5. The Morgan fingerprint density at radius 1 is 0.955 bits per heavy atom. The molecular formula is C15H21F3N2OS. The summed E-state index contributed by atoms with van der Waals surface area (Å²) < 4.78 is 36.9. The highest BCUT2D eigenvalue weighted by Crippen LogP contribution is 2.28. The van der Waals surface area contributed by atoms with E-state index in [1.165, 1.54) is 37.0 Å². The van der Waals surface area contributed by atoms with Crippen LogP contribution in [-0.4, -0.2) is 17.1 Å². The summed E-state index contributed by atoms with van der Waals surface area (Å²) in [6, 6.07) is 0. The number of fused-ring (bicyclic) bond motifs is 1. The third-order valence-corrected chi connectivity index (χ3v) is 4.90. The number of amides is 1. The van der Waals surface area contributed by atoms with Gasteiger partial charge in [0.25, 0.3) is 0 Å². The number of thiazole rings is 1. The van der Waals surface area contributed by atoms with Crippen molar-refractivity contribution in [3.63, 3.8) is 0 Å². The molecule has 1 aliphatic carbocycles. The molecule has 3 nitrogen and oxygen atoms in total. The van der Waals surface area contributed by atoms with Crippen LogP contribution < -0.4 is 5.32 Å². The Morgan fingerprint density at radius 2 is 1.50 bits per heavy atom. The minimum absolute atomic E-state index is 0.0715. The maximum atomic E-state index is 12.3. The van der Waals surface area contributed by atoms with Crippen LogP contribution in [-0.2, 0) is 17.6 Å². The van der Waals surface area contributed by atoms with E-state index in [9.17, 15) is 18.0 Å². The number of rotatable bonds is 1. The monoisotopic (exact) mass is 334 g/mol. The van der Waals surface area contributed by atoms with Crippen LogP contribution in [0.2, 0.25) is 0 Å². The zero-order chi connectivity index (χ0) is 16.0. The van der Waals surface area contributed by atoms with E-state index in [0.29, 0.717) is 0 Å². The van der Waals surface area contributed by atoms with Gasteiger partial charge in [0, 0.05) is 4.88 Å². The van der Waals surface area contributed by atoms with Crippen molar-refractivity contribution in [3.8, 4) is 0 Å². The van der Waals surface area contributed by atoms with Crippen LogP contribution in [0.1, 0.15) is 61.9 Å². The number of hydrogen-bond donors (Lipinski definition) is 1. The fourth-order valence-corrected chi connectivity index (χ4v) is 3.68. The van der Waals surface area contributed by atoms with Crippen LogP contribution in [0.25, 0.3) is 0 Å². The first-order valence-corrected chi connectivity index (χ1v) is 8.65. The summed E-state index contributed by atoms with van der Waals surface area (Å²) in [6.45, 7) is 0. The van der Waals surface area contributed by atoms with Crippen molar-refractivity contribution >= 4 is 22.4 Å². The SMILES string of the molecule is O=C(Nc1nc2c(s1)CCCCCCCCCC2)C(F)(F)F. The highest BCUT2D eigenvalue weighted by atomic mass is 32.1. The average Bonchev–Trinajstić information content (AvgIpc) is 2.79. The third-order valence-electron chi connectivity index (χ3n) is 3.82. The maximum Gasteiger partial charge on any atom is 0.471 e. The number of aryl methyl sites for hydroxylation is 2. The first kappa shape index (κ1) is 17.2. The number of nitrogens with zero attached hydrogens (tertiary/aromatic N) is 1. The Balaban J connectivity index is 2.05. The summed E-state index contributed by atoms with van der Waals surface area (Å²) in [5.41, 5.74) is 0.864. The van der Waals surface area contributed by atoms with Crippen molar-refractivity contribution in [3.05, 3.63) is 10.6 Å². The summed E-state index contributed by atoms with van der Waals surface area (Å²) in [5, 5.41) is 1.95. The predicted octanol–water partition coefficient (Wildman–Crippen LogP) is 4.86. The minimum atomic E-state index is -4.87. The fraction of sp³-hybridized carbons (Fsp3) is 0.733. The molecule has 1 aromatic rings. The van der Waals surface area contributed by atoms with Gasteiger partial charge in [0.2, 0.25) is 0 Å². The van der Waals surface area contributed by atoms with Gasteiger partial charge in [-0.3, -0.25) is 10.1 Å². The molecule has 2 rings (SSSR count). The molecule has 0 fully saturated rings. The van der Waals surface area contributed by atoms with Crippen LogP contribution in [0.5, 0.6) is 0 Å². The van der Waals surface area contributed by atoms with Crippen LogP contribution >= 0.6 is 11.3 Å². The highest BCUT2D eigenvalue weighted by Gasteiger charge is 2.39. The molecule has 0 unspecified atom stereocenters. The molecule has 0 saturated carbocycles. The molecule has 7 heteroatoms. The van der Waals surface area contributed by atoms with Gasteiger partial charge in [-0.1, -0.05) is 38.5 Å². The van der Waals surface area contributed by atoms with Gasteiger partial charge in [-0.25, -0.2) is 4.98 Å². The van der Waals surface area contributed by atoms with E-state index >= 15 is 0 Å². The van der Waals surface area contributed by atoms with Gasteiger partial charge in [-0.2, -0.15) is 13.2 Å². The van der Waals surface area contributed by atoms with E-state index in [2.05, 4.69) is 4.98 Å². The maximum absolute atomic E-state index is 12.3. The molecule has 0 aliphatic heterocycles. The van der Waals surface area contributed by atoms with Crippen molar-refractivity contribution in [2.24, 2.45) is 0 Å². The van der Waals surface area contributed by atoms with E-state index in [4.69, 9.17) is 0 Å². The lowest BCUT2D eigenvalue weighted by Gasteiger charge is -2.06. The largest absolute Gasteiger partial charge is 0.471 e. The zero-order valence-corrected chi connectivity index (χ0v) is 13.3. The zero-order valence-electron chi connectivity index (χ0n) is 12.5. The molecule has 1 heterocycles. The summed E-state index contributed by atoms with van der Waals surface area (Å²) >= 11 is 1.19. The number of halogens is 3. The Morgan fingerprint density at radius 3 is 2.09 bits per heavy atom. The molecule has 1 N–H and O–H groups in total. The number of hydrogen-bond acceptors (Lipinski definition) is 3. The fourth-order valence-electron chi connectivity index (χ4n) is 2.63. The second-order valence-corrected chi connectivity index (χ2v) is 6.75. The van der Waals surface area contributed by atoms with Crippen molar-refractivity contribution in [2.45, 2.75) is 70.4 Å². The molecule has 0 radical (unpaired) electrons. The number of alkyl halides is 3. The molecule has 22 heavy (non-hydrogen) atoms. The van der Waals surface area contributed by atoms with Crippen LogP contribution in [0.3, 0.4) is 0 Å². The van der Waals surface area contributed by atoms with Gasteiger partial charge in [0.15, 0.2) is 5.13 Å². The number of aromatic nitrogens is 1. The topological polar surface area (TPSA) is 42.0 Å². The van der Waals surface area contributed by atoms with Crippen molar-refractivity contribution in [1.29, 1.82) is 0 Å². The Bertz CT molecular complexity index is 470. The van der Waals surface area contributed by atoms with E-state index in [1.807, 2.05) is 5.32 Å². The summed E-state index contributed by atoms with van der Waals surface area (Å²) in [5.74, 6) is -1.95. The van der Waals surface area contributed by atoms with E-state index < -0.39 is 12.1 Å². The minimum Gasteiger partial charge on any atom is -0.294 e. The molecular weight excluding hydrogens is 313 g/mol. The summed E-state index contributed by atoms with van der Waals surface area (Å²) in [7, 11) is 0. The Hall–Kier alpha value is -1.11. The lowest BCUT2D eigenvalue weighted by atomic mass is 10.0. The second-order valence-electron chi connectivity index (χ2n) is 5.67. The van der Waals surface area contributed by atoms with Gasteiger partial charge in [0.05, 0.1) is 5.69 Å². The van der Waals surface area contributed by atoms with Crippen molar-refractivity contribution in [1.82, 2.24) is 4.98 Å². The Labute approximate surface area is 132 Å². The second kappa shape index (κ2) is 7.94. The number of carbonyl (C=O) groups is 1. The molecule has 0 aromatic carbocycles. The molecule has 1 aliphatic rings. The first-order valence-electron chi connectivity index (χ1n) is 7.83. The lowest BCUT2D eigenvalue weighted by molar-refractivity contribution is -0.167. The van der Waals surface area contributed by atoms with Crippen molar-refractivity contribution in [2.75, 3.05) is 5.32 Å². The molecule has 0 atom stereocenters. The van der Waals surface area contributed by atoms with Gasteiger partial charge in [-0.05, 0) is 25.7 Å². The van der Waals surface area contributed by atoms with Crippen LogP contribution in [0.15, 0.2) is 0 Å². The van der Waals surface area contributed by atoms with Gasteiger partial charge >= 0.3 is 12.1 Å². The molecule has 1 aromatic heterocycles. The Kier molecular flexibility index (Phi) is 6.23. The summed E-state index contributed by atoms with van der Waals surface area (Å²) in [4.78, 5) is 16.3. The van der Waals surface area contributed by atoms with Crippen LogP contribution in [0, 0.1) is 0 Å². The lowest BCUT2D eigenvalue weighted by Crippen LogP contribution is -2.29. The van der Waals surface area contributed by atoms with E-state index in [1.54, 1.807) is 0 Å². The van der Waals surface area contributed by atoms with E-state index in [0.717, 1.165) is 49.1 Å². The molecule has 0 saturated heterocycles. The van der Waals surface area contributed by atoms with E-state index in [-0.39, 0.29) is 5.13 Å². The van der Waals surface area contributed by atoms with Gasteiger partial charge in [0.1, 0.15) is 0 Å². The highest BCUT2D eigenvalue weighted by molar-refractivity contribution is 7.15. The quantitative estimate of drug-likeness (QED) is 0.796. The molecule has 0 spiro atoms. The normalized spacial score (nSPS) is 18.0. The number of nitrogens with one attached hydrogen (secondary N) is 1. The molecule has 0 bridgehead atoms. The van der Waals surface area contributed by atoms with Gasteiger partial charge in [-0.15, -0.1) is 11.3 Å². The molecule has 124 valence electrons. The average molecular weight is 334 g/mol. The predicted molar refractivity (Wildman–Crippen MR) is 81.1 cm³/mol.